The minimum absolute atomic E-state index is 0.00542. The van der Waals surface area contributed by atoms with Crippen LogP contribution in [0.4, 0.5) is 0 Å². The standard InChI is InChI=1S/C13H15BrO2/c1-3-9(2)12(15)8-13(16)10-5-4-6-11(14)7-10/h4-7,9H,3,8H2,1-2H3. The maximum atomic E-state index is 11.8. The van der Waals surface area contributed by atoms with Gasteiger partial charge in [-0.1, -0.05) is 41.9 Å². The van der Waals surface area contributed by atoms with E-state index in [1.807, 2.05) is 19.9 Å². The number of rotatable bonds is 5. The van der Waals surface area contributed by atoms with Gasteiger partial charge in [-0.2, -0.15) is 0 Å². The van der Waals surface area contributed by atoms with Crippen LogP contribution in [0.15, 0.2) is 28.7 Å². The molecule has 0 aromatic heterocycles. The van der Waals surface area contributed by atoms with E-state index in [4.69, 9.17) is 0 Å². The van der Waals surface area contributed by atoms with Crippen molar-refractivity contribution in [2.75, 3.05) is 0 Å². The Labute approximate surface area is 104 Å². The fourth-order valence-corrected chi connectivity index (χ4v) is 1.72. The molecule has 0 saturated carbocycles. The summed E-state index contributed by atoms with van der Waals surface area (Å²) >= 11 is 3.30. The second-order valence-corrected chi connectivity index (χ2v) is 4.80. The average Bonchev–Trinajstić information content (AvgIpc) is 2.27. The summed E-state index contributed by atoms with van der Waals surface area (Å²) in [6.07, 6.45) is 0.788. The van der Waals surface area contributed by atoms with E-state index in [0.29, 0.717) is 5.56 Å². The maximum absolute atomic E-state index is 11.8. The number of benzene rings is 1. The first-order valence-corrected chi connectivity index (χ1v) is 6.15. The molecule has 1 aromatic carbocycles. The molecule has 1 aromatic rings. The fraction of sp³-hybridized carbons (Fsp3) is 0.385. The molecule has 0 N–H and O–H groups in total. The van der Waals surface area contributed by atoms with Crippen LogP contribution in [0.1, 0.15) is 37.0 Å². The molecule has 1 atom stereocenters. The van der Waals surface area contributed by atoms with Crippen LogP contribution in [0.25, 0.3) is 0 Å². The van der Waals surface area contributed by atoms with Crippen LogP contribution < -0.4 is 0 Å². The Hall–Kier alpha value is -0.960. The Morgan fingerprint density at radius 1 is 1.38 bits per heavy atom. The highest BCUT2D eigenvalue weighted by Crippen LogP contribution is 2.14. The normalized spacial score (nSPS) is 12.2. The number of ketones is 2. The molecule has 16 heavy (non-hydrogen) atoms. The molecule has 3 heteroatoms. The third-order valence-corrected chi connectivity index (χ3v) is 3.14. The van der Waals surface area contributed by atoms with Crippen LogP contribution in [0.2, 0.25) is 0 Å². The first-order valence-electron chi connectivity index (χ1n) is 5.36. The Bertz CT molecular complexity index is 399. The largest absolute Gasteiger partial charge is 0.299 e. The molecule has 0 aliphatic heterocycles. The molecule has 0 bridgehead atoms. The van der Waals surface area contributed by atoms with Gasteiger partial charge in [-0.25, -0.2) is 0 Å². The van der Waals surface area contributed by atoms with Gasteiger partial charge in [0.25, 0.3) is 0 Å². The molecule has 0 fully saturated rings. The van der Waals surface area contributed by atoms with Crippen LogP contribution in [-0.4, -0.2) is 11.6 Å². The zero-order valence-corrected chi connectivity index (χ0v) is 11.1. The Morgan fingerprint density at radius 2 is 2.06 bits per heavy atom. The zero-order chi connectivity index (χ0) is 12.1. The minimum Gasteiger partial charge on any atom is -0.299 e. The second kappa shape index (κ2) is 5.94. The van der Waals surface area contributed by atoms with Crippen molar-refractivity contribution in [2.45, 2.75) is 26.7 Å². The minimum atomic E-state index is -0.105. The summed E-state index contributed by atoms with van der Waals surface area (Å²) in [5, 5.41) is 0. The lowest BCUT2D eigenvalue weighted by molar-refractivity contribution is -0.121. The molecular formula is C13H15BrO2. The predicted octanol–water partition coefficient (Wildman–Crippen LogP) is 3.64. The number of hydrogen-bond donors (Lipinski definition) is 0. The third-order valence-electron chi connectivity index (χ3n) is 2.64. The number of halogens is 1. The van der Waals surface area contributed by atoms with Crippen LogP contribution in [0.5, 0.6) is 0 Å². The third kappa shape index (κ3) is 3.56. The van der Waals surface area contributed by atoms with Crippen molar-refractivity contribution in [3.63, 3.8) is 0 Å². The fourth-order valence-electron chi connectivity index (χ4n) is 1.32. The highest BCUT2D eigenvalue weighted by Gasteiger charge is 2.16. The molecule has 0 amide bonds. The van der Waals surface area contributed by atoms with Crippen LogP contribution in [0, 0.1) is 5.92 Å². The lowest BCUT2D eigenvalue weighted by atomic mass is 9.97. The molecule has 2 nitrogen and oxygen atoms in total. The summed E-state index contributed by atoms with van der Waals surface area (Å²) in [6.45, 7) is 3.81. The van der Waals surface area contributed by atoms with E-state index in [-0.39, 0.29) is 23.9 Å². The van der Waals surface area contributed by atoms with Gasteiger partial charge < -0.3 is 0 Å². The number of hydrogen-bond acceptors (Lipinski definition) is 2. The van der Waals surface area contributed by atoms with Crippen molar-refractivity contribution in [2.24, 2.45) is 5.92 Å². The summed E-state index contributed by atoms with van der Waals surface area (Å²) < 4.78 is 0.856. The van der Waals surface area contributed by atoms with Gasteiger partial charge in [0.2, 0.25) is 0 Å². The van der Waals surface area contributed by atoms with Gasteiger partial charge in [-0.3, -0.25) is 9.59 Å². The Kier molecular flexibility index (Phi) is 4.87. The van der Waals surface area contributed by atoms with E-state index in [0.717, 1.165) is 10.9 Å². The van der Waals surface area contributed by atoms with E-state index in [1.165, 1.54) is 0 Å². The van der Waals surface area contributed by atoms with E-state index in [1.54, 1.807) is 18.2 Å². The zero-order valence-electron chi connectivity index (χ0n) is 9.50. The van der Waals surface area contributed by atoms with E-state index in [2.05, 4.69) is 15.9 Å². The smallest absolute Gasteiger partial charge is 0.170 e. The first kappa shape index (κ1) is 13.1. The quantitative estimate of drug-likeness (QED) is 0.610. The molecule has 86 valence electrons. The van der Waals surface area contributed by atoms with Gasteiger partial charge >= 0.3 is 0 Å². The summed E-state index contributed by atoms with van der Waals surface area (Å²) in [5.41, 5.74) is 0.589. The average molecular weight is 283 g/mol. The van der Waals surface area contributed by atoms with Gasteiger partial charge in [0, 0.05) is 16.0 Å². The summed E-state index contributed by atoms with van der Waals surface area (Å²) in [7, 11) is 0. The van der Waals surface area contributed by atoms with Gasteiger partial charge in [-0.05, 0) is 18.6 Å². The van der Waals surface area contributed by atoms with Crippen molar-refractivity contribution >= 4 is 27.5 Å². The lowest BCUT2D eigenvalue weighted by Gasteiger charge is -2.06. The van der Waals surface area contributed by atoms with Crippen LogP contribution in [0.3, 0.4) is 0 Å². The van der Waals surface area contributed by atoms with E-state index in [9.17, 15) is 9.59 Å². The number of Topliss-reactive ketones (excluding diaryl/α,β-unsaturated/α-hetero) is 2. The number of carbonyl (C=O) groups excluding carboxylic acids is 2. The Morgan fingerprint density at radius 3 is 2.62 bits per heavy atom. The Balaban J connectivity index is 2.69. The molecule has 0 heterocycles. The molecule has 1 unspecified atom stereocenters. The topological polar surface area (TPSA) is 34.1 Å². The summed E-state index contributed by atoms with van der Waals surface area (Å²) in [6, 6.07) is 7.13. The molecule has 0 radical (unpaired) electrons. The molecule has 0 aliphatic carbocycles. The maximum Gasteiger partial charge on any atom is 0.170 e. The highest BCUT2D eigenvalue weighted by atomic mass is 79.9. The molecule has 1 rings (SSSR count). The van der Waals surface area contributed by atoms with E-state index < -0.39 is 0 Å². The van der Waals surface area contributed by atoms with Gasteiger partial charge in [0.15, 0.2) is 5.78 Å². The van der Waals surface area contributed by atoms with Crippen molar-refractivity contribution < 1.29 is 9.59 Å². The SMILES string of the molecule is CCC(C)C(=O)CC(=O)c1cccc(Br)c1. The predicted molar refractivity (Wildman–Crippen MR) is 67.6 cm³/mol. The molecule has 0 aliphatic rings. The summed E-state index contributed by atoms with van der Waals surface area (Å²) in [4.78, 5) is 23.4. The molecule has 0 spiro atoms. The van der Waals surface area contributed by atoms with Crippen molar-refractivity contribution in [3.8, 4) is 0 Å². The molecule has 0 saturated heterocycles. The van der Waals surface area contributed by atoms with Crippen LogP contribution >= 0.6 is 15.9 Å². The monoisotopic (exact) mass is 282 g/mol. The molecular weight excluding hydrogens is 268 g/mol. The van der Waals surface area contributed by atoms with Gasteiger partial charge in [0.05, 0.1) is 6.42 Å². The summed E-state index contributed by atoms with van der Waals surface area (Å²) in [5.74, 6) is -0.116. The van der Waals surface area contributed by atoms with E-state index >= 15 is 0 Å². The highest BCUT2D eigenvalue weighted by molar-refractivity contribution is 9.10. The number of carbonyl (C=O) groups is 2. The van der Waals surface area contributed by atoms with Crippen molar-refractivity contribution in [3.05, 3.63) is 34.3 Å². The lowest BCUT2D eigenvalue weighted by Crippen LogP contribution is -2.15. The van der Waals surface area contributed by atoms with Gasteiger partial charge in [0.1, 0.15) is 5.78 Å². The van der Waals surface area contributed by atoms with Crippen LogP contribution in [-0.2, 0) is 4.79 Å². The first-order chi connectivity index (χ1) is 7.54. The van der Waals surface area contributed by atoms with Crippen molar-refractivity contribution in [1.82, 2.24) is 0 Å². The second-order valence-electron chi connectivity index (χ2n) is 3.89. The van der Waals surface area contributed by atoms with Gasteiger partial charge in [-0.15, -0.1) is 0 Å². The van der Waals surface area contributed by atoms with Crippen molar-refractivity contribution in [1.29, 1.82) is 0 Å².